The lowest BCUT2D eigenvalue weighted by Crippen LogP contribution is -2.52. The first-order chi connectivity index (χ1) is 11.5. The lowest BCUT2D eigenvalue weighted by molar-refractivity contribution is -0.124. The fourth-order valence-electron chi connectivity index (χ4n) is 2.90. The van der Waals surface area contributed by atoms with Crippen LogP contribution in [0, 0.1) is 6.92 Å². The highest BCUT2D eigenvalue weighted by atomic mass is 16.3. The van der Waals surface area contributed by atoms with Gasteiger partial charge in [0, 0.05) is 6.42 Å². The molecule has 1 rings (SSSR count). The molecule has 5 nitrogen and oxygen atoms in total. The molecule has 0 saturated heterocycles. The van der Waals surface area contributed by atoms with Gasteiger partial charge in [0.2, 0.25) is 5.91 Å². The molecule has 0 saturated carbocycles. The maximum atomic E-state index is 12.4. The van der Waals surface area contributed by atoms with Crippen molar-refractivity contribution in [3.63, 3.8) is 0 Å². The van der Waals surface area contributed by atoms with Crippen molar-refractivity contribution in [2.75, 3.05) is 13.2 Å². The van der Waals surface area contributed by atoms with E-state index in [0.717, 1.165) is 16.7 Å². The second-order valence-corrected chi connectivity index (χ2v) is 8.23. The summed E-state index contributed by atoms with van der Waals surface area (Å²) >= 11 is 0. The highest BCUT2D eigenvalue weighted by molar-refractivity contribution is 5.78. The third kappa shape index (κ3) is 5.44. The molecule has 142 valence electrons. The van der Waals surface area contributed by atoms with Crippen molar-refractivity contribution in [1.82, 2.24) is 5.32 Å². The number of carbonyl (C=O) groups is 1. The van der Waals surface area contributed by atoms with E-state index in [0.29, 0.717) is 6.42 Å². The molecule has 5 heteroatoms. The number of aromatic hydroxyl groups is 1. The topological polar surface area (TPSA) is 89.8 Å². The zero-order valence-electron chi connectivity index (χ0n) is 16.3. The number of carbonyl (C=O) groups excluding carboxylic acids is 1. The fourth-order valence-corrected chi connectivity index (χ4v) is 2.90. The van der Waals surface area contributed by atoms with Crippen LogP contribution in [0.1, 0.15) is 70.1 Å². The molecule has 0 bridgehead atoms. The van der Waals surface area contributed by atoms with Gasteiger partial charge in [0.15, 0.2) is 0 Å². The van der Waals surface area contributed by atoms with E-state index < -0.39 is 5.54 Å². The zero-order valence-corrected chi connectivity index (χ0v) is 16.3. The number of rotatable bonds is 7. The van der Waals surface area contributed by atoms with Crippen LogP contribution in [0.15, 0.2) is 12.1 Å². The lowest BCUT2D eigenvalue weighted by Gasteiger charge is -2.28. The molecule has 0 fully saturated rings. The summed E-state index contributed by atoms with van der Waals surface area (Å²) in [5.74, 6) is -0.136. The van der Waals surface area contributed by atoms with Gasteiger partial charge in [-0.15, -0.1) is 0 Å². The van der Waals surface area contributed by atoms with Crippen LogP contribution >= 0.6 is 0 Å². The van der Waals surface area contributed by atoms with Gasteiger partial charge in [0.1, 0.15) is 5.75 Å². The number of nitrogens with one attached hydrogen (secondary N) is 1. The van der Waals surface area contributed by atoms with E-state index in [1.165, 1.54) is 0 Å². The first-order valence-electron chi connectivity index (χ1n) is 8.84. The molecule has 0 aromatic heterocycles. The molecule has 0 radical (unpaired) electrons. The quantitative estimate of drug-likeness (QED) is 0.608. The summed E-state index contributed by atoms with van der Waals surface area (Å²) < 4.78 is 0. The van der Waals surface area contributed by atoms with Crippen molar-refractivity contribution in [2.45, 2.75) is 71.3 Å². The van der Waals surface area contributed by atoms with Gasteiger partial charge in [-0.25, -0.2) is 0 Å². The molecule has 1 atom stereocenters. The minimum Gasteiger partial charge on any atom is -0.507 e. The summed E-state index contributed by atoms with van der Waals surface area (Å²) in [7, 11) is 0. The standard InChI is InChI=1S/C20H33NO4/c1-7-14(10-17(24)21-20(6,11-22)12-23)15-8-13(2)9-16(18(15)25)19(3,4)5/h8-9,14,22-23,25H,7,10-12H2,1-6H3,(H,21,24). The number of phenolic OH excluding ortho intramolecular Hbond substituents is 1. The third-order valence-corrected chi connectivity index (χ3v) is 4.60. The number of hydrogen-bond donors (Lipinski definition) is 4. The number of aryl methyl sites for hydroxylation is 1. The summed E-state index contributed by atoms with van der Waals surface area (Å²) in [6.07, 6.45) is 0.885. The van der Waals surface area contributed by atoms with Crippen molar-refractivity contribution in [3.05, 3.63) is 28.8 Å². The predicted octanol–water partition coefficient (Wildman–Crippen LogP) is 2.74. The molecule has 1 aromatic carbocycles. The Hall–Kier alpha value is -1.59. The van der Waals surface area contributed by atoms with Crippen molar-refractivity contribution < 1.29 is 20.1 Å². The van der Waals surface area contributed by atoms with Crippen molar-refractivity contribution in [1.29, 1.82) is 0 Å². The first-order valence-corrected chi connectivity index (χ1v) is 8.84. The molecule has 1 aromatic rings. The Morgan fingerprint density at radius 2 is 1.72 bits per heavy atom. The molecule has 0 spiro atoms. The molecular formula is C20H33NO4. The van der Waals surface area contributed by atoms with Crippen LogP contribution < -0.4 is 5.32 Å². The second-order valence-electron chi connectivity index (χ2n) is 8.23. The highest BCUT2D eigenvalue weighted by Crippen LogP contribution is 2.39. The molecule has 1 unspecified atom stereocenters. The molecule has 1 amide bonds. The maximum Gasteiger partial charge on any atom is 0.221 e. The van der Waals surface area contributed by atoms with Crippen molar-refractivity contribution in [3.8, 4) is 5.75 Å². The summed E-state index contributed by atoms with van der Waals surface area (Å²) in [6.45, 7) is 11.0. The normalized spacial score (nSPS) is 13.6. The van der Waals surface area contributed by atoms with E-state index in [1.807, 2.05) is 46.8 Å². The largest absolute Gasteiger partial charge is 0.507 e. The van der Waals surface area contributed by atoms with Crippen LogP contribution in [-0.4, -0.2) is 40.0 Å². The predicted molar refractivity (Wildman–Crippen MR) is 99.9 cm³/mol. The summed E-state index contributed by atoms with van der Waals surface area (Å²) in [6, 6.07) is 3.92. The van der Waals surface area contributed by atoms with Crippen LogP contribution in [0.25, 0.3) is 0 Å². The molecule has 0 heterocycles. The Balaban J connectivity index is 3.12. The van der Waals surface area contributed by atoms with E-state index in [-0.39, 0.29) is 42.6 Å². The van der Waals surface area contributed by atoms with Gasteiger partial charge in [-0.3, -0.25) is 4.79 Å². The summed E-state index contributed by atoms with van der Waals surface area (Å²) in [5, 5.41) is 32.1. The van der Waals surface area contributed by atoms with Crippen LogP contribution in [-0.2, 0) is 10.2 Å². The zero-order chi connectivity index (χ0) is 19.4. The maximum absolute atomic E-state index is 12.4. The monoisotopic (exact) mass is 351 g/mol. The van der Waals surface area contributed by atoms with Gasteiger partial charge in [-0.1, -0.05) is 45.4 Å². The number of amides is 1. The van der Waals surface area contributed by atoms with Crippen LogP contribution in [0.5, 0.6) is 5.75 Å². The van der Waals surface area contributed by atoms with E-state index in [9.17, 15) is 20.1 Å². The van der Waals surface area contributed by atoms with Crippen LogP contribution in [0.3, 0.4) is 0 Å². The number of aliphatic hydroxyl groups excluding tert-OH is 2. The fraction of sp³-hybridized carbons (Fsp3) is 0.650. The van der Waals surface area contributed by atoms with Crippen LogP contribution in [0.4, 0.5) is 0 Å². The van der Waals surface area contributed by atoms with Gasteiger partial charge in [0.05, 0.1) is 18.8 Å². The molecule has 0 aliphatic rings. The first kappa shape index (κ1) is 21.5. The molecule has 0 aliphatic heterocycles. The molecule has 0 aliphatic carbocycles. The van der Waals surface area contributed by atoms with E-state index in [1.54, 1.807) is 6.92 Å². The van der Waals surface area contributed by atoms with Gasteiger partial charge >= 0.3 is 0 Å². The molecular weight excluding hydrogens is 318 g/mol. The molecule has 4 N–H and O–H groups in total. The van der Waals surface area contributed by atoms with Gasteiger partial charge < -0.3 is 20.6 Å². The van der Waals surface area contributed by atoms with Gasteiger partial charge in [-0.2, -0.15) is 0 Å². The average molecular weight is 351 g/mol. The Labute approximate surface area is 151 Å². The Morgan fingerprint density at radius 3 is 2.16 bits per heavy atom. The van der Waals surface area contributed by atoms with E-state index in [4.69, 9.17) is 0 Å². The second kappa shape index (κ2) is 8.19. The third-order valence-electron chi connectivity index (χ3n) is 4.60. The Kier molecular flexibility index (Phi) is 7.03. The minimum absolute atomic E-state index is 0.136. The SMILES string of the molecule is CCC(CC(=O)NC(C)(CO)CO)c1cc(C)cc(C(C)(C)C)c1O. The number of aliphatic hydroxyl groups is 2. The van der Waals surface area contributed by atoms with Crippen molar-refractivity contribution >= 4 is 5.91 Å². The van der Waals surface area contributed by atoms with Gasteiger partial charge in [0.25, 0.3) is 0 Å². The minimum atomic E-state index is -1.04. The Morgan fingerprint density at radius 1 is 1.16 bits per heavy atom. The number of benzene rings is 1. The summed E-state index contributed by atoms with van der Waals surface area (Å²) in [4.78, 5) is 12.4. The highest BCUT2D eigenvalue weighted by Gasteiger charge is 2.28. The average Bonchev–Trinajstić information content (AvgIpc) is 2.53. The smallest absolute Gasteiger partial charge is 0.221 e. The van der Waals surface area contributed by atoms with Crippen molar-refractivity contribution in [2.24, 2.45) is 0 Å². The number of phenols is 1. The number of hydrogen-bond acceptors (Lipinski definition) is 4. The Bertz CT molecular complexity index is 600. The van der Waals surface area contributed by atoms with E-state index in [2.05, 4.69) is 5.32 Å². The van der Waals surface area contributed by atoms with Crippen LogP contribution in [0.2, 0.25) is 0 Å². The van der Waals surface area contributed by atoms with E-state index >= 15 is 0 Å². The summed E-state index contributed by atoms with van der Waals surface area (Å²) in [5.41, 5.74) is 1.46. The lowest BCUT2D eigenvalue weighted by atomic mass is 9.81. The van der Waals surface area contributed by atoms with Gasteiger partial charge in [-0.05, 0) is 42.7 Å². The molecule has 25 heavy (non-hydrogen) atoms.